The SMILES string of the molecule is CCCS(=O)(=O)NCOCC(c1ccc(F)c(Nc2ccc3ncn(C)c(=O)c3c2C)c1F)[Si](C)(C)C. The van der Waals surface area contributed by atoms with E-state index in [0.717, 1.165) is 0 Å². The minimum Gasteiger partial charge on any atom is -0.365 e. The van der Waals surface area contributed by atoms with Crippen LogP contribution in [-0.4, -0.2) is 45.1 Å². The number of sulfonamides is 1. The van der Waals surface area contributed by atoms with Crippen LogP contribution in [0.2, 0.25) is 19.6 Å². The lowest BCUT2D eigenvalue weighted by Gasteiger charge is -2.30. The van der Waals surface area contributed by atoms with Gasteiger partial charge in [0.25, 0.3) is 5.56 Å². The Labute approximate surface area is 217 Å². The van der Waals surface area contributed by atoms with Gasteiger partial charge in [0.05, 0.1) is 37.7 Å². The van der Waals surface area contributed by atoms with Crippen LogP contribution < -0.4 is 15.6 Å². The zero-order chi connectivity index (χ0) is 27.5. The highest BCUT2D eigenvalue weighted by molar-refractivity contribution is 7.89. The van der Waals surface area contributed by atoms with Gasteiger partial charge in [-0.1, -0.05) is 32.6 Å². The number of hydrogen-bond donors (Lipinski definition) is 2. The van der Waals surface area contributed by atoms with Gasteiger partial charge in [-0.05, 0) is 42.7 Å². The molecule has 12 heteroatoms. The number of hydrogen-bond acceptors (Lipinski definition) is 6. The maximum Gasteiger partial charge on any atom is 0.261 e. The summed E-state index contributed by atoms with van der Waals surface area (Å²) >= 11 is 0. The van der Waals surface area contributed by atoms with Gasteiger partial charge in [-0.25, -0.2) is 22.2 Å². The Kier molecular flexibility index (Phi) is 8.88. The lowest BCUT2D eigenvalue weighted by Crippen LogP contribution is -2.37. The predicted molar refractivity (Wildman–Crippen MR) is 145 cm³/mol. The van der Waals surface area contributed by atoms with Crippen molar-refractivity contribution in [2.75, 3.05) is 24.4 Å². The first-order valence-electron chi connectivity index (χ1n) is 12.0. The molecular formula is C25H34F2N4O4SSi. The molecule has 3 aromatic rings. The van der Waals surface area contributed by atoms with Crippen LogP contribution in [0.1, 0.15) is 30.0 Å². The Balaban J connectivity index is 1.94. The largest absolute Gasteiger partial charge is 0.365 e. The third-order valence-corrected chi connectivity index (χ3v) is 10.4. The first kappa shape index (κ1) is 28.9. The molecule has 0 fully saturated rings. The van der Waals surface area contributed by atoms with Crippen LogP contribution in [-0.2, 0) is 21.8 Å². The molecular weight excluding hydrogens is 518 g/mol. The summed E-state index contributed by atoms with van der Waals surface area (Å²) in [6.45, 7) is 9.42. The maximum atomic E-state index is 15.9. The molecule has 1 unspecified atom stereocenters. The first-order valence-corrected chi connectivity index (χ1v) is 17.2. The number of rotatable bonds is 11. The lowest BCUT2D eigenvalue weighted by molar-refractivity contribution is 0.128. The molecule has 0 aliphatic heterocycles. The van der Waals surface area contributed by atoms with E-state index in [0.29, 0.717) is 28.6 Å². The van der Waals surface area contributed by atoms with Crippen LogP contribution in [0, 0.1) is 18.6 Å². The normalized spacial score (nSPS) is 13.2. The van der Waals surface area contributed by atoms with Gasteiger partial charge in [-0.3, -0.25) is 4.79 Å². The van der Waals surface area contributed by atoms with Crippen LogP contribution in [0.4, 0.5) is 20.2 Å². The van der Waals surface area contributed by atoms with Gasteiger partial charge in [0.1, 0.15) is 18.2 Å². The third kappa shape index (κ3) is 6.61. The minimum atomic E-state index is -3.44. The zero-order valence-corrected chi connectivity index (χ0v) is 23.8. The number of benzene rings is 2. The molecule has 1 atom stereocenters. The van der Waals surface area contributed by atoms with Crippen molar-refractivity contribution >= 4 is 40.4 Å². The Bertz CT molecular complexity index is 1460. The quantitative estimate of drug-likeness (QED) is 0.206. The molecule has 1 heterocycles. The average Bonchev–Trinajstić information content (AvgIpc) is 2.80. The number of nitrogens with one attached hydrogen (secondary N) is 2. The number of fused-ring (bicyclic) bond motifs is 1. The van der Waals surface area contributed by atoms with Crippen molar-refractivity contribution in [1.82, 2.24) is 14.3 Å². The highest BCUT2D eigenvalue weighted by atomic mass is 32.2. The van der Waals surface area contributed by atoms with Crippen molar-refractivity contribution in [3.63, 3.8) is 0 Å². The Morgan fingerprint density at radius 3 is 2.51 bits per heavy atom. The van der Waals surface area contributed by atoms with Crippen molar-refractivity contribution in [2.24, 2.45) is 7.05 Å². The van der Waals surface area contributed by atoms with E-state index < -0.39 is 29.7 Å². The van der Waals surface area contributed by atoms with E-state index in [9.17, 15) is 17.6 Å². The summed E-state index contributed by atoms with van der Waals surface area (Å²) in [6, 6.07) is 5.88. The average molecular weight is 553 g/mol. The summed E-state index contributed by atoms with van der Waals surface area (Å²) in [6.07, 6.45) is 1.90. The second-order valence-corrected chi connectivity index (χ2v) is 17.5. The van der Waals surface area contributed by atoms with E-state index in [-0.39, 0.29) is 41.4 Å². The van der Waals surface area contributed by atoms with Gasteiger partial charge in [0, 0.05) is 18.3 Å². The molecule has 1 aromatic heterocycles. The molecule has 0 aliphatic carbocycles. The summed E-state index contributed by atoms with van der Waals surface area (Å²) in [5, 5.41) is 3.22. The lowest BCUT2D eigenvalue weighted by atomic mass is 10.1. The number of anilines is 2. The molecule has 8 nitrogen and oxygen atoms in total. The van der Waals surface area contributed by atoms with Crippen LogP contribution in [0.15, 0.2) is 35.4 Å². The van der Waals surface area contributed by atoms with Gasteiger partial charge in [0.2, 0.25) is 10.0 Å². The molecule has 0 spiro atoms. The topological polar surface area (TPSA) is 102 Å². The Morgan fingerprint density at radius 1 is 1.16 bits per heavy atom. The standard InChI is InChI=1S/C25H34F2N4O4SSi/c1-7-12-36(33,34)29-15-35-13-21(37(4,5)6)17-8-9-18(26)24(23(17)27)30-19-10-11-20-22(16(19)2)25(32)31(3)14-28-20/h8-11,14,21,29-30H,7,12-13,15H2,1-6H3. The number of aryl methyl sites for hydroxylation is 2. The Morgan fingerprint density at radius 2 is 1.86 bits per heavy atom. The molecule has 0 saturated heterocycles. The molecule has 37 heavy (non-hydrogen) atoms. The third-order valence-electron chi connectivity index (χ3n) is 6.29. The molecule has 0 radical (unpaired) electrons. The molecule has 0 aliphatic rings. The Hall–Kier alpha value is -2.67. The maximum absolute atomic E-state index is 15.9. The van der Waals surface area contributed by atoms with Crippen molar-refractivity contribution in [1.29, 1.82) is 0 Å². The van der Waals surface area contributed by atoms with E-state index in [1.807, 2.05) is 19.6 Å². The highest BCUT2D eigenvalue weighted by Gasteiger charge is 2.32. The van der Waals surface area contributed by atoms with Gasteiger partial charge < -0.3 is 14.6 Å². The second kappa shape index (κ2) is 11.4. The van der Waals surface area contributed by atoms with E-state index in [4.69, 9.17) is 4.74 Å². The number of halogens is 2. The van der Waals surface area contributed by atoms with Gasteiger partial charge in [0.15, 0.2) is 5.82 Å². The van der Waals surface area contributed by atoms with E-state index in [2.05, 4.69) is 15.0 Å². The zero-order valence-electron chi connectivity index (χ0n) is 22.0. The van der Waals surface area contributed by atoms with Gasteiger partial charge in [-0.2, -0.15) is 4.72 Å². The monoisotopic (exact) mass is 552 g/mol. The fraction of sp³-hybridized carbons (Fsp3) is 0.440. The van der Waals surface area contributed by atoms with E-state index in [1.54, 1.807) is 33.0 Å². The smallest absolute Gasteiger partial charge is 0.261 e. The fourth-order valence-electron chi connectivity index (χ4n) is 4.13. The number of nitrogens with zero attached hydrogens (tertiary/aromatic N) is 2. The predicted octanol–water partition coefficient (Wildman–Crippen LogP) is 4.53. The van der Waals surface area contributed by atoms with E-state index in [1.165, 1.54) is 23.0 Å². The number of ether oxygens (including phenoxy) is 1. The van der Waals surface area contributed by atoms with Gasteiger partial charge >= 0.3 is 0 Å². The molecule has 3 rings (SSSR count). The summed E-state index contributed by atoms with van der Waals surface area (Å²) in [5.74, 6) is -1.53. The summed E-state index contributed by atoms with van der Waals surface area (Å²) in [4.78, 5) is 16.9. The van der Waals surface area contributed by atoms with Gasteiger partial charge in [-0.15, -0.1) is 0 Å². The van der Waals surface area contributed by atoms with E-state index >= 15 is 4.39 Å². The number of aromatic nitrogens is 2. The minimum absolute atomic E-state index is 0.00816. The molecule has 0 bridgehead atoms. The molecule has 0 saturated carbocycles. The molecule has 2 N–H and O–H groups in total. The summed E-state index contributed by atoms with van der Waals surface area (Å²) < 4.78 is 63.9. The second-order valence-electron chi connectivity index (χ2n) is 10.1. The van der Waals surface area contributed by atoms with Crippen LogP contribution in [0.5, 0.6) is 0 Å². The van der Waals surface area contributed by atoms with Crippen molar-refractivity contribution in [2.45, 2.75) is 45.5 Å². The van der Waals surface area contributed by atoms with Crippen molar-refractivity contribution < 1.29 is 21.9 Å². The first-order chi connectivity index (χ1) is 17.3. The van der Waals surface area contributed by atoms with Crippen LogP contribution in [0.3, 0.4) is 0 Å². The van der Waals surface area contributed by atoms with Crippen LogP contribution >= 0.6 is 0 Å². The van der Waals surface area contributed by atoms with Crippen molar-refractivity contribution in [3.05, 3.63) is 63.7 Å². The van der Waals surface area contributed by atoms with Crippen LogP contribution in [0.25, 0.3) is 10.9 Å². The molecule has 202 valence electrons. The highest BCUT2D eigenvalue weighted by Crippen LogP contribution is 2.35. The molecule has 0 amide bonds. The fourth-order valence-corrected chi connectivity index (χ4v) is 6.85. The summed E-state index contributed by atoms with van der Waals surface area (Å²) in [5.41, 5.74) is 0.734. The summed E-state index contributed by atoms with van der Waals surface area (Å²) in [7, 11) is -3.96. The molecule has 2 aromatic carbocycles. The van der Waals surface area contributed by atoms with Crippen molar-refractivity contribution in [3.8, 4) is 0 Å².